The van der Waals surface area contributed by atoms with Crippen LogP contribution in [0.1, 0.15) is 21.5 Å². The molecule has 0 saturated carbocycles. The molecule has 0 spiro atoms. The van der Waals surface area contributed by atoms with E-state index in [0.717, 1.165) is 0 Å². The monoisotopic (exact) mass is 396 g/mol. The van der Waals surface area contributed by atoms with Crippen LogP contribution in [0, 0.1) is 0 Å². The van der Waals surface area contributed by atoms with Crippen molar-refractivity contribution in [3.8, 4) is 11.5 Å². The molecule has 144 valence electrons. The van der Waals surface area contributed by atoms with Crippen molar-refractivity contribution in [3.63, 3.8) is 0 Å². The number of nitrogens with zero attached hydrogens (tertiary/aromatic N) is 2. The van der Waals surface area contributed by atoms with E-state index in [2.05, 4.69) is 0 Å². The summed E-state index contributed by atoms with van der Waals surface area (Å²) in [5, 5.41) is 0.407. The van der Waals surface area contributed by atoms with Gasteiger partial charge in [0.05, 0.1) is 19.8 Å². The van der Waals surface area contributed by atoms with Crippen LogP contribution in [0.25, 0.3) is 6.08 Å². The molecule has 0 unspecified atom stereocenters. The Balaban J connectivity index is 2.14. The Hall–Kier alpha value is -3.19. The molecular weight excluding hydrogens is 376 g/mol. The van der Waals surface area contributed by atoms with E-state index in [1.54, 1.807) is 61.5 Å². The summed E-state index contributed by atoms with van der Waals surface area (Å²) < 4.78 is 10.9. The number of rotatable bonds is 5. The van der Waals surface area contributed by atoms with Crippen LogP contribution in [0.5, 0.6) is 11.5 Å². The fourth-order valence-electron chi connectivity index (χ4n) is 2.99. The Labute approximate surface area is 169 Å². The van der Waals surface area contributed by atoms with Crippen LogP contribution in [-0.4, -0.2) is 54.9 Å². The van der Waals surface area contributed by atoms with Crippen LogP contribution in [0.15, 0.2) is 48.2 Å². The molecule has 1 amide bonds. The lowest BCUT2D eigenvalue weighted by Gasteiger charge is -2.14. The van der Waals surface area contributed by atoms with Crippen molar-refractivity contribution in [1.82, 2.24) is 9.80 Å². The lowest BCUT2D eigenvalue weighted by molar-refractivity contribution is -0.121. The quantitative estimate of drug-likeness (QED) is 0.440. The number of amides is 1. The highest BCUT2D eigenvalue weighted by Crippen LogP contribution is 2.33. The molecule has 0 aliphatic carbocycles. The summed E-state index contributed by atoms with van der Waals surface area (Å²) in [6.45, 7) is 0. The van der Waals surface area contributed by atoms with Gasteiger partial charge in [0.25, 0.3) is 5.91 Å². The number of likely N-dealkylation sites (N-methyl/N-ethyl adjacent to an activating group) is 2. The van der Waals surface area contributed by atoms with E-state index < -0.39 is 0 Å². The molecule has 0 N–H and O–H groups in total. The summed E-state index contributed by atoms with van der Waals surface area (Å²) in [7, 11) is 6.36. The number of methoxy groups -OCH3 is 2. The average Bonchev–Trinajstić information content (AvgIpc) is 2.91. The minimum Gasteiger partial charge on any atom is -0.496 e. The van der Waals surface area contributed by atoms with Crippen LogP contribution < -0.4 is 9.47 Å². The third-order valence-corrected chi connectivity index (χ3v) is 5.13. The predicted octanol–water partition coefficient (Wildman–Crippen LogP) is 2.96. The van der Waals surface area contributed by atoms with Crippen LogP contribution >= 0.6 is 12.2 Å². The smallest absolute Gasteiger partial charge is 0.276 e. The number of thiocarbonyl (C=S) groups is 1. The zero-order valence-corrected chi connectivity index (χ0v) is 16.9. The fourth-order valence-corrected chi connectivity index (χ4v) is 3.18. The van der Waals surface area contributed by atoms with Gasteiger partial charge in [0.2, 0.25) is 0 Å². The lowest BCUT2D eigenvalue weighted by Crippen LogP contribution is -2.26. The zero-order valence-electron chi connectivity index (χ0n) is 16.1. The molecule has 1 saturated heterocycles. The van der Waals surface area contributed by atoms with E-state index in [0.29, 0.717) is 39.0 Å². The minimum absolute atomic E-state index is 0.182. The van der Waals surface area contributed by atoms with E-state index in [9.17, 15) is 9.59 Å². The average molecular weight is 396 g/mol. The van der Waals surface area contributed by atoms with Gasteiger partial charge in [0.15, 0.2) is 10.9 Å². The van der Waals surface area contributed by atoms with Crippen molar-refractivity contribution < 1.29 is 19.1 Å². The second-order valence-electron chi connectivity index (χ2n) is 6.22. The molecular formula is C21H20N2O4S. The Bertz CT molecular complexity index is 985. The van der Waals surface area contributed by atoms with Crippen LogP contribution in [-0.2, 0) is 4.79 Å². The fraction of sp³-hybridized carbons (Fsp3) is 0.190. The molecule has 3 rings (SSSR count). The van der Waals surface area contributed by atoms with Gasteiger partial charge in [-0.2, -0.15) is 0 Å². The topological polar surface area (TPSA) is 59.1 Å². The van der Waals surface area contributed by atoms with E-state index in [1.165, 1.54) is 19.1 Å². The first kappa shape index (κ1) is 19.6. The van der Waals surface area contributed by atoms with Crippen molar-refractivity contribution in [3.05, 3.63) is 64.9 Å². The van der Waals surface area contributed by atoms with Gasteiger partial charge < -0.3 is 14.4 Å². The third kappa shape index (κ3) is 3.36. The van der Waals surface area contributed by atoms with E-state index >= 15 is 0 Å². The largest absolute Gasteiger partial charge is 0.496 e. The van der Waals surface area contributed by atoms with Crippen molar-refractivity contribution in [2.75, 3.05) is 28.3 Å². The normalized spacial score (nSPS) is 15.4. The van der Waals surface area contributed by atoms with Crippen molar-refractivity contribution in [2.24, 2.45) is 0 Å². The van der Waals surface area contributed by atoms with Gasteiger partial charge >= 0.3 is 0 Å². The van der Waals surface area contributed by atoms with Crippen molar-refractivity contribution >= 4 is 35.1 Å². The molecule has 28 heavy (non-hydrogen) atoms. The van der Waals surface area contributed by atoms with Gasteiger partial charge in [0, 0.05) is 31.3 Å². The SMILES string of the molecule is COc1cc(OC)c(C(=O)c2ccccc2)cc1/C=C1/C(=O)N(C)C(=S)N1C. The van der Waals surface area contributed by atoms with Crippen molar-refractivity contribution in [1.29, 1.82) is 0 Å². The first-order chi connectivity index (χ1) is 13.4. The van der Waals surface area contributed by atoms with Crippen LogP contribution in [0.2, 0.25) is 0 Å². The number of carbonyl (C=O) groups is 2. The summed E-state index contributed by atoms with van der Waals surface area (Å²) in [5.74, 6) is 0.474. The Kier molecular flexibility index (Phi) is 5.46. The second-order valence-corrected chi connectivity index (χ2v) is 6.59. The summed E-state index contributed by atoms with van der Waals surface area (Å²) in [6.07, 6.45) is 1.66. The molecule has 1 aliphatic heterocycles. The van der Waals surface area contributed by atoms with E-state index in [-0.39, 0.29) is 11.7 Å². The highest BCUT2D eigenvalue weighted by molar-refractivity contribution is 7.80. The number of hydrogen-bond acceptors (Lipinski definition) is 5. The van der Waals surface area contributed by atoms with Crippen molar-refractivity contribution in [2.45, 2.75) is 0 Å². The minimum atomic E-state index is -0.221. The molecule has 0 radical (unpaired) electrons. The number of benzene rings is 2. The zero-order chi connectivity index (χ0) is 20.4. The highest BCUT2D eigenvalue weighted by Gasteiger charge is 2.33. The molecule has 2 aromatic carbocycles. The maximum absolute atomic E-state index is 13.0. The Morgan fingerprint density at radius 1 is 1.00 bits per heavy atom. The second kappa shape index (κ2) is 7.82. The molecule has 2 aromatic rings. The van der Waals surface area contributed by atoms with Gasteiger partial charge in [-0.1, -0.05) is 30.3 Å². The molecule has 1 fully saturated rings. The molecule has 6 nitrogen and oxygen atoms in total. The van der Waals surface area contributed by atoms with E-state index in [4.69, 9.17) is 21.7 Å². The molecule has 0 bridgehead atoms. The van der Waals surface area contributed by atoms with Crippen LogP contribution in [0.3, 0.4) is 0 Å². The Morgan fingerprint density at radius 3 is 2.18 bits per heavy atom. The lowest BCUT2D eigenvalue weighted by atomic mass is 9.99. The van der Waals surface area contributed by atoms with Gasteiger partial charge in [-0.05, 0) is 24.4 Å². The molecule has 0 atom stereocenters. The van der Waals surface area contributed by atoms with Gasteiger partial charge in [0.1, 0.15) is 17.2 Å². The van der Waals surface area contributed by atoms with Gasteiger partial charge in [-0.3, -0.25) is 14.5 Å². The molecule has 1 aliphatic rings. The van der Waals surface area contributed by atoms with Crippen LogP contribution in [0.4, 0.5) is 0 Å². The van der Waals surface area contributed by atoms with E-state index in [1.807, 2.05) is 6.07 Å². The highest BCUT2D eigenvalue weighted by atomic mass is 32.1. The number of carbonyl (C=O) groups excluding carboxylic acids is 2. The maximum atomic E-state index is 13.0. The first-order valence-electron chi connectivity index (χ1n) is 8.52. The maximum Gasteiger partial charge on any atom is 0.276 e. The molecule has 0 aromatic heterocycles. The first-order valence-corrected chi connectivity index (χ1v) is 8.93. The molecule has 1 heterocycles. The Morgan fingerprint density at radius 2 is 1.64 bits per heavy atom. The standard InChI is InChI=1S/C21H20N2O4S/c1-22-16(20(25)23(2)21(22)28)11-14-10-15(18(27-4)12-17(14)26-3)19(24)13-8-6-5-7-9-13/h5-12H,1-4H3/b16-11-. The third-order valence-electron chi connectivity index (χ3n) is 4.58. The molecule has 7 heteroatoms. The number of ketones is 1. The summed E-state index contributed by atoms with van der Waals surface area (Å²) in [5.41, 5.74) is 1.90. The van der Waals surface area contributed by atoms with Gasteiger partial charge in [-0.15, -0.1) is 0 Å². The summed E-state index contributed by atoms with van der Waals surface area (Å²) in [4.78, 5) is 28.5. The number of hydrogen-bond donors (Lipinski definition) is 0. The number of ether oxygens (including phenoxy) is 2. The predicted molar refractivity (Wildman–Crippen MR) is 111 cm³/mol. The summed E-state index contributed by atoms with van der Waals surface area (Å²) in [6, 6.07) is 12.2. The summed E-state index contributed by atoms with van der Waals surface area (Å²) >= 11 is 5.25. The van der Waals surface area contributed by atoms with Gasteiger partial charge in [-0.25, -0.2) is 0 Å².